The van der Waals surface area contributed by atoms with Crippen molar-refractivity contribution in [3.8, 4) is 0 Å². The fourth-order valence-corrected chi connectivity index (χ4v) is 3.51. The van der Waals surface area contributed by atoms with Gasteiger partial charge in [-0.25, -0.2) is 4.98 Å². The molecule has 21 heavy (non-hydrogen) atoms. The van der Waals surface area contributed by atoms with Crippen LogP contribution in [0.4, 0.5) is 0 Å². The predicted molar refractivity (Wildman–Crippen MR) is 80.2 cm³/mol. The van der Waals surface area contributed by atoms with E-state index in [0.29, 0.717) is 12.3 Å². The summed E-state index contributed by atoms with van der Waals surface area (Å²) in [6.07, 6.45) is 1.44. The number of hydrogen-bond donors (Lipinski definition) is 1. The molecule has 0 spiro atoms. The van der Waals surface area contributed by atoms with Gasteiger partial charge in [-0.2, -0.15) is 0 Å². The molecule has 1 N–H and O–H groups in total. The van der Waals surface area contributed by atoms with Crippen LogP contribution in [-0.4, -0.2) is 16.1 Å². The first kappa shape index (κ1) is 14.1. The summed E-state index contributed by atoms with van der Waals surface area (Å²) < 4.78 is 5.94. The summed E-state index contributed by atoms with van der Waals surface area (Å²) in [5.74, 6) is -0.0289. The van der Waals surface area contributed by atoms with Crippen LogP contribution >= 0.6 is 0 Å². The van der Waals surface area contributed by atoms with Crippen molar-refractivity contribution in [2.24, 2.45) is 10.8 Å². The first-order chi connectivity index (χ1) is 9.75. The lowest BCUT2D eigenvalue weighted by Gasteiger charge is -2.37. The number of oxazole rings is 1. The smallest absolute Gasteiger partial charge is 0.309 e. The van der Waals surface area contributed by atoms with Gasteiger partial charge in [0.05, 0.1) is 5.41 Å². The normalized spacial score (nSPS) is 28.1. The molecule has 1 aromatic heterocycles. The molecular weight excluding hydrogens is 266 g/mol. The number of carboxylic acid groups (broad SMARTS) is 1. The van der Waals surface area contributed by atoms with Crippen LogP contribution in [0, 0.1) is 17.8 Å². The maximum absolute atomic E-state index is 11.7. The van der Waals surface area contributed by atoms with Crippen molar-refractivity contribution in [2.45, 2.75) is 46.5 Å². The molecule has 2 atom stereocenters. The lowest BCUT2D eigenvalue weighted by molar-refractivity contribution is -0.153. The van der Waals surface area contributed by atoms with Crippen molar-refractivity contribution < 1.29 is 14.3 Å². The lowest BCUT2D eigenvalue weighted by Crippen LogP contribution is -2.40. The highest BCUT2D eigenvalue weighted by Gasteiger charge is 2.57. The zero-order chi connectivity index (χ0) is 15.4. The third kappa shape index (κ3) is 1.88. The summed E-state index contributed by atoms with van der Waals surface area (Å²) in [4.78, 5) is 16.3. The van der Waals surface area contributed by atoms with Gasteiger partial charge in [0.25, 0.3) is 0 Å². The Bertz CT molecular complexity index is 716. The Labute approximate surface area is 124 Å². The van der Waals surface area contributed by atoms with E-state index in [1.54, 1.807) is 0 Å². The zero-order valence-corrected chi connectivity index (χ0v) is 12.9. The highest BCUT2D eigenvalue weighted by Crippen LogP contribution is 2.59. The van der Waals surface area contributed by atoms with E-state index in [-0.39, 0.29) is 5.92 Å². The molecule has 1 fully saturated rings. The van der Waals surface area contributed by atoms with Gasteiger partial charge < -0.3 is 9.52 Å². The Morgan fingerprint density at radius 2 is 2.10 bits per heavy atom. The molecule has 4 heteroatoms. The molecule has 1 aliphatic rings. The van der Waals surface area contributed by atoms with E-state index in [0.717, 1.165) is 23.1 Å². The lowest BCUT2D eigenvalue weighted by atomic mass is 9.66. The van der Waals surface area contributed by atoms with E-state index >= 15 is 0 Å². The molecule has 1 saturated carbocycles. The molecular formula is C17H21NO3. The Morgan fingerprint density at radius 3 is 2.71 bits per heavy atom. The van der Waals surface area contributed by atoms with Crippen LogP contribution in [0.1, 0.15) is 51.0 Å². The summed E-state index contributed by atoms with van der Waals surface area (Å²) in [5, 5.41) is 9.60. The number of rotatable bonds is 2. The molecule has 0 bridgehead atoms. The molecule has 2 aromatic rings. The maximum atomic E-state index is 11.7. The van der Waals surface area contributed by atoms with Crippen LogP contribution in [0.25, 0.3) is 11.1 Å². The van der Waals surface area contributed by atoms with E-state index in [1.165, 1.54) is 0 Å². The Morgan fingerprint density at radius 1 is 1.38 bits per heavy atom. The first-order valence-electron chi connectivity index (χ1n) is 7.36. The molecule has 4 nitrogen and oxygen atoms in total. The molecule has 0 amide bonds. The number of fused-ring (bicyclic) bond motifs is 1. The van der Waals surface area contributed by atoms with E-state index in [1.807, 2.05) is 45.9 Å². The summed E-state index contributed by atoms with van der Waals surface area (Å²) in [6, 6.07) is 5.94. The highest BCUT2D eigenvalue weighted by molar-refractivity contribution is 5.76. The minimum absolute atomic E-state index is 0.0336. The average Bonchev–Trinajstić information content (AvgIpc) is 2.89. The van der Waals surface area contributed by atoms with Gasteiger partial charge in [0.2, 0.25) is 0 Å². The van der Waals surface area contributed by atoms with Gasteiger partial charge in [0, 0.05) is 5.92 Å². The van der Waals surface area contributed by atoms with Crippen molar-refractivity contribution in [1.82, 2.24) is 4.98 Å². The van der Waals surface area contributed by atoms with Crippen LogP contribution < -0.4 is 0 Å². The van der Waals surface area contributed by atoms with E-state index in [4.69, 9.17) is 4.42 Å². The van der Waals surface area contributed by atoms with Crippen LogP contribution in [0.5, 0.6) is 0 Å². The van der Waals surface area contributed by atoms with Crippen molar-refractivity contribution in [2.75, 3.05) is 0 Å². The summed E-state index contributed by atoms with van der Waals surface area (Å²) in [7, 11) is 0. The van der Waals surface area contributed by atoms with Gasteiger partial charge in [-0.3, -0.25) is 4.79 Å². The molecule has 0 saturated heterocycles. The molecule has 1 heterocycles. The molecule has 112 valence electrons. The molecule has 0 unspecified atom stereocenters. The number of aromatic nitrogens is 1. The number of carboxylic acids is 1. The van der Waals surface area contributed by atoms with Gasteiger partial charge in [-0.15, -0.1) is 0 Å². The SMILES string of the molecule is Cc1ccc2nc([C@@H]3CC[C@](C)(C(=O)O)C3(C)C)oc2c1. The Hall–Kier alpha value is -1.84. The van der Waals surface area contributed by atoms with Crippen LogP contribution in [0.15, 0.2) is 22.6 Å². The van der Waals surface area contributed by atoms with E-state index in [9.17, 15) is 9.90 Å². The number of aryl methyl sites for hydroxylation is 1. The third-order valence-electron chi connectivity index (χ3n) is 5.56. The number of aliphatic carboxylic acids is 1. The predicted octanol–water partition coefficient (Wildman–Crippen LogP) is 4.13. The Kier molecular flexibility index (Phi) is 2.91. The first-order valence-corrected chi connectivity index (χ1v) is 7.36. The number of carbonyl (C=O) groups is 1. The van der Waals surface area contributed by atoms with E-state index < -0.39 is 16.8 Å². The molecule has 0 aliphatic heterocycles. The van der Waals surface area contributed by atoms with Gasteiger partial charge in [0.15, 0.2) is 11.5 Å². The van der Waals surface area contributed by atoms with Gasteiger partial charge in [-0.1, -0.05) is 19.9 Å². The standard InChI is InChI=1S/C17H21NO3/c1-10-5-6-12-13(9-10)21-14(18-12)11-7-8-17(4,15(19)20)16(11,2)3/h5-6,9,11H,7-8H2,1-4H3,(H,19,20)/t11-,17+/m0/s1. The quantitative estimate of drug-likeness (QED) is 0.902. The fraction of sp³-hybridized carbons (Fsp3) is 0.529. The summed E-state index contributed by atoms with van der Waals surface area (Å²) >= 11 is 0. The molecule has 0 radical (unpaired) electrons. The second-order valence-corrected chi connectivity index (χ2v) is 6.97. The minimum atomic E-state index is -0.742. The molecule has 1 aliphatic carbocycles. The average molecular weight is 287 g/mol. The van der Waals surface area contributed by atoms with Crippen LogP contribution in [-0.2, 0) is 4.79 Å². The second kappa shape index (κ2) is 4.33. The van der Waals surface area contributed by atoms with Gasteiger partial charge in [0.1, 0.15) is 5.52 Å². The number of nitrogens with zero attached hydrogens (tertiary/aromatic N) is 1. The third-order valence-corrected chi connectivity index (χ3v) is 5.56. The molecule has 1 aromatic carbocycles. The fourth-order valence-electron chi connectivity index (χ4n) is 3.51. The number of benzene rings is 1. The Balaban J connectivity index is 2.05. The topological polar surface area (TPSA) is 63.3 Å². The van der Waals surface area contributed by atoms with Crippen LogP contribution in [0.3, 0.4) is 0 Å². The monoisotopic (exact) mass is 287 g/mol. The highest BCUT2D eigenvalue weighted by atomic mass is 16.4. The summed E-state index contributed by atoms with van der Waals surface area (Å²) in [6.45, 7) is 7.88. The summed E-state index contributed by atoms with van der Waals surface area (Å²) in [5.41, 5.74) is 1.62. The van der Waals surface area contributed by atoms with Crippen molar-refractivity contribution in [3.63, 3.8) is 0 Å². The second-order valence-electron chi connectivity index (χ2n) is 6.97. The van der Waals surface area contributed by atoms with Gasteiger partial charge >= 0.3 is 5.97 Å². The van der Waals surface area contributed by atoms with Crippen LogP contribution in [0.2, 0.25) is 0 Å². The van der Waals surface area contributed by atoms with Crippen molar-refractivity contribution in [3.05, 3.63) is 29.7 Å². The van der Waals surface area contributed by atoms with Gasteiger partial charge in [-0.05, 0) is 49.8 Å². The van der Waals surface area contributed by atoms with Crippen molar-refractivity contribution in [1.29, 1.82) is 0 Å². The minimum Gasteiger partial charge on any atom is -0.481 e. The van der Waals surface area contributed by atoms with Crippen molar-refractivity contribution >= 4 is 17.1 Å². The van der Waals surface area contributed by atoms with E-state index in [2.05, 4.69) is 4.98 Å². The number of hydrogen-bond acceptors (Lipinski definition) is 3. The zero-order valence-electron chi connectivity index (χ0n) is 12.9. The largest absolute Gasteiger partial charge is 0.481 e. The maximum Gasteiger partial charge on any atom is 0.309 e. The molecule has 3 rings (SSSR count).